The monoisotopic (exact) mass is 486 g/mol. The zero-order valence-corrected chi connectivity index (χ0v) is 20.2. The van der Waals surface area contributed by atoms with Crippen molar-refractivity contribution in [2.24, 2.45) is 0 Å². The number of carbonyl (C=O) groups is 1. The summed E-state index contributed by atoms with van der Waals surface area (Å²) in [5.41, 5.74) is 6.75. The van der Waals surface area contributed by atoms with Crippen LogP contribution in [0.2, 0.25) is 0 Å². The van der Waals surface area contributed by atoms with Crippen molar-refractivity contribution in [3.05, 3.63) is 118 Å². The highest BCUT2D eigenvalue weighted by Gasteiger charge is 2.13. The van der Waals surface area contributed by atoms with Crippen LogP contribution in [0.1, 0.15) is 21.5 Å². The predicted molar refractivity (Wildman–Crippen MR) is 145 cm³/mol. The molecule has 0 bridgehead atoms. The third kappa shape index (κ3) is 4.29. The van der Waals surface area contributed by atoms with Crippen LogP contribution >= 0.6 is 0 Å². The Bertz CT molecular complexity index is 1860. The predicted octanol–water partition coefficient (Wildman–Crippen LogP) is 7.14. The van der Waals surface area contributed by atoms with Gasteiger partial charge in [0.2, 0.25) is 5.89 Å². The van der Waals surface area contributed by atoms with E-state index in [9.17, 15) is 9.59 Å². The fraction of sp³-hybridized carbons (Fsp3) is 0.0645. The highest BCUT2D eigenvalue weighted by molar-refractivity contribution is 6.05. The molecule has 0 spiro atoms. The molecule has 0 atom stereocenters. The van der Waals surface area contributed by atoms with Gasteiger partial charge in [-0.1, -0.05) is 36.4 Å². The van der Waals surface area contributed by atoms with Gasteiger partial charge in [0.25, 0.3) is 5.91 Å². The minimum atomic E-state index is -0.448. The van der Waals surface area contributed by atoms with E-state index in [4.69, 9.17) is 8.83 Å². The Morgan fingerprint density at radius 1 is 0.811 bits per heavy atom. The van der Waals surface area contributed by atoms with Gasteiger partial charge in [0.05, 0.1) is 5.56 Å². The number of hydrogen-bond acceptors (Lipinski definition) is 5. The van der Waals surface area contributed by atoms with Crippen molar-refractivity contribution < 1.29 is 13.6 Å². The second-order valence-corrected chi connectivity index (χ2v) is 9.05. The molecule has 0 unspecified atom stereocenters. The summed E-state index contributed by atoms with van der Waals surface area (Å²) >= 11 is 0. The van der Waals surface area contributed by atoms with Gasteiger partial charge in [0, 0.05) is 22.2 Å². The maximum absolute atomic E-state index is 13.0. The van der Waals surface area contributed by atoms with Crippen LogP contribution in [-0.2, 0) is 0 Å². The average Bonchev–Trinajstić information content (AvgIpc) is 3.33. The first-order chi connectivity index (χ1) is 17.9. The number of aromatic nitrogens is 1. The first kappa shape index (κ1) is 22.5. The van der Waals surface area contributed by atoms with Crippen molar-refractivity contribution in [2.45, 2.75) is 13.8 Å². The van der Waals surface area contributed by atoms with Crippen LogP contribution in [0.3, 0.4) is 0 Å². The smallest absolute Gasteiger partial charge is 0.344 e. The van der Waals surface area contributed by atoms with E-state index in [0.29, 0.717) is 33.9 Å². The second kappa shape index (κ2) is 8.91. The van der Waals surface area contributed by atoms with Crippen molar-refractivity contribution >= 4 is 33.7 Å². The van der Waals surface area contributed by atoms with Crippen LogP contribution in [0.15, 0.2) is 105 Å². The van der Waals surface area contributed by atoms with Gasteiger partial charge in [-0.2, -0.15) is 0 Å². The van der Waals surface area contributed by atoms with Gasteiger partial charge in [0.15, 0.2) is 5.58 Å². The molecular formula is C31H22N2O4. The van der Waals surface area contributed by atoms with E-state index in [1.54, 1.807) is 36.4 Å². The number of rotatable bonds is 4. The van der Waals surface area contributed by atoms with E-state index in [0.717, 1.165) is 33.2 Å². The lowest BCUT2D eigenvalue weighted by Gasteiger charge is -2.08. The van der Waals surface area contributed by atoms with Crippen LogP contribution in [-0.4, -0.2) is 10.9 Å². The number of fused-ring (bicyclic) bond motifs is 2. The average molecular weight is 487 g/mol. The van der Waals surface area contributed by atoms with Gasteiger partial charge in [0.1, 0.15) is 11.1 Å². The topological polar surface area (TPSA) is 85.3 Å². The second-order valence-electron chi connectivity index (χ2n) is 9.05. The Hall–Kier alpha value is -4.97. The third-order valence-electron chi connectivity index (χ3n) is 6.29. The summed E-state index contributed by atoms with van der Waals surface area (Å²) < 4.78 is 11.4. The molecule has 6 aromatic rings. The summed E-state index contributed by atoms with van der Waals surface area (Å²) in [6.07, 6.45) is 0. The van der Waals surface area contributed by atoms with Crippen molar-refractivity contribution in [1.82, 2.24) is 4.98 Å². The molecule has 2 heterocycles. The summed E-state index contributed by atoms with van der Waals surface area (Å²) in [5, 5.41) is 3.73. The van der Waals surface area contributed by atoms with E-state index in [1.807, 2.05) is 62.4 Å². The molecule has 6 rings (SSSR count). The molecular weight excluding hydrogens is 464 g/mol. The zero-order valence-electron chi connectivity index (χ0n) is 20.2. The normalized spacial score (nSPS) is 11.2. The van der Waals surface area contributed by atoms with E-state index in [2.05, 4.69) is 16.4 Å². The summed E-state index contributed by atoms with van der Waals surface area (Å²) in [6.45, 7) is 4.04. The molecule has 0 saturated carbocycles. The van der Waals surface area contributed by atoms with Gasteiger partial charge in [-0.05, 0) is 85.1 Å². The Morgan fingerprint density at radius 2 is 1.62 bits per heavy atom. The molecule has 0 aliphatic heterocycles. The fourth-order valence-corrected chi connectivity index (χ4v) is 4.49. The minimum absolute atomic E-state index is 0.285. The highest BCUT2D eigenvalue weighted by Crippen LogP contribution is 2.28. The maximum atomic E-state index is 13.0. The summed E-state index contributed by atoms with van der Waals surface area (Å²) in [5.74, 6) is 0.247. The van der Waals surface area contributed by atoms with E-state index in [-0.39, 0.29) is 5.91 Å². The zero-order chi connectivity index (χ0) is 25.5. The first-order valence-electron chi connectivity index (χ1n) is 11.9. The fourth-order valence-electron chi connectivity index (χ4n) is 4.49. The van der Waals surface area contributed by atoms with Crippen LogP contribution in [0.25, 0.3) is 44.7 Å². The first-order valence-corrected chi connectivity index (χ1v) is 11.9. The molecule has 1 amide bonds. The Kier molecular flexibility index (Phi) is 5.42. The van der Waals surface area contributed by atoms with Crippen LogP contribution in [0.5, 0.6) is 0 Å². The maximum Gasteiger partial charge on any atom is 0.344 e. The molecule has 1 N–H and O–H groups in total. The van der Waals surface area contributed by atoms with Crippen molar-refractivity contribution in [2.75, 3.05) is 5.32 Å². The number of para-hydroxylation sites is 1. The SMILES string of the molecule is Cc1cc(C)c2oc(-c3ccc(NC(=O)c4cccc(-c5cc6ccccc6oc5=O)c4)cc3)nc2c1. The standard InChI is InChI=1S/C31H22N2O4/c1-18-14-19(2)28-26(15-18)33-30(37-28)20-10-12-24(13-11-20)32-29(34)23-8-5-7-21(16-23)25-17-22-6-3-4-9-27(22)36-31(25)35/h3-17H,1-2H3,(H,32,34). The van der Waals surface area contributed by atoms with E-state index in [1.165, 1.54) is 0 Å². The number of carbonyl (C=O) groups excluding carboxylic acids is 1. The Balaban J connectivity index is 1.24. The number of nitrogens with one attached hydrogen (secondary N) is 1. The third-order valence-corrected chi connectivity index (χ3v) is 6.29. The molecule has 0 aliphatic carbocycles. The lowest BCUT2D eigenvalue weighted by Crippen LogP contribution is -2.12. The summed E-state index contributed by atoms with van der Waals surface area (Å²) in [4.78, 5) is 30.2. The lowest BCUT2D eigenvalue weighted by molar-refractivity contribution is 0.102. The van der Waals surface area contributed by atoms with E-state index >= 15 is 0 Å². The molecule has 0 radical (unpaired) electrons. The largest absolute Gasteiger partial charge is 0.436 e. The van der Waals surface area contributed by atoms with Gasteiger partial charge in [-0.15, -0.1) is 0 Å². The van der Waals surface area contributed by atoms with Crippen LogP contribution in [0.4, 0.5) is 5.69 Å². The van der Waals surface area contributed by atoms with Gasteiger partial charge < -0.3 is 14.2 Å². The molecule has 0 saturated heterocycles. The van der Waals surface area contributed by atoms with Gasteiger partial charge in [-0.25, -0.2) is 9.78 Å². The molecule has 2 aromatic heterocycles. The van der Waals surface area contributed by atoms with Crippen molar-refractivity contribution in [1.29, 1.82) is 0 Å². The minimum Gasteiger partial charge on any atom is -0.436 e. The van der Waals surface area contributed by atoms with Gasteiger partial charge >= 0.3 is 5.63 Å². The summed E-state index contributed by atoms with van der Waals surface area (Å²) in [6, 6.07) is 27.4. The quantitative estimate of drug-likeness (QED) is 0.268. The Labute approximate surface area is 212 Å². The molecule has 180 valence electrons. The Morgan fingerprint density at radius 3 is 2.46 bits per heavy atom. The van der Waals surface area contributed by atoms with Gasteiger partial charge in [-0.3, -0.25) is 4.79 Å². The van der Waals surface area contributed by atoms with Crippen molar-refractivity contribution in [3.63, 3.8) is 0 Å². The highest BCUT2D eigenvalue weighted by atomic mass is 16.4. The number of nitrogens with zero attached hydrogens (tertiary/aromatic N) is 1. The molecule has 0 aliphatic rings. The van der Waals surface area contributed by atoms with Crippen LogP contribution in [0, 0.1) is 13.8 Å². The number of anilines is 1. The molecule has 6 nitrogen and oxygen atoms in total. The number of benzene rings is 4. The molecule has 4 aromatic carbocycles. The lowest BCUT2D eigenvalue weighted by atomic mass is 10.0. The van der Waals surface area contributed by atoms with E-state index < -0.39 is 5.63 Å². The molecule has 6 heteroatoms. The molecule has 0 fully saturated rings. The van der Waals surface area contributed by atoms with Crippen molar-refractivity contribution in [3.8, 4) is 22.6 Å². The molecule has 37 heavy (non-hydrogen) atoms. The number of hydrogen-bond donors (Lipinski definition) is 1. The van der Waals surface area contributed by atoms with Crippen LogP contribution < -0.4 is 10.9 Å². The number of amides is 1. The number of aryl methyl sites for hydroxylation is 2. The summed E-state index contributed by atoms with van der Waals surface area (Å²) in [7, 11) is 0. The number of oxazole rings is 1.